The Morgan fingerprint density at radius 3 is 2.85 bits per heavy atom. The van der Waals surface area contributed by atoms with E-state index in [0.29, 0.717) is 22.9 Å². The fourth-order valence-electron chi connectivity index (χ4n) is 0.838. The number of benzene rings is 1. The van der Waals surface area contributed by atoms with E-state index >= 15 is 0 Å². The highest BCUT2D eigenvalue weighted by atomic mass is 79.9. The SMILES string of the molecule is CSc1ccc(Cl)c(Br)c1O[B]O. The van der Waals surface area contributed by atoms with Crippen LogP contribution < -0.4 is 4.65 Å². The lowest BCUT2D eigenvalue weighted by atomic mass is 10.3. The van der Waals surface area contributed by atoms with Gasteiger partial charge in [0.25, 0.3) is 0 Å². The van der Waals surface area contributed by atoms with Gasteiger partial charge in [0.1, 0.15) is 5.75 Å². The predicted molar refractivity (Wildman–Crippen MR) is 59.5 cm³/mol. The Bertz CT molecular complexity index is 311. The lowest BCUT2D eigenvalue weighted by Gasteiger charge is -2.10. The summed E-state index contributed by atoms with van der Waals surface area (Å²) in [6, 6.07) is 3.60. The normalized spacial score (nSPS) is 9.85. The van der Waals surface area contributed by atoms with E-state index in [9.17, 15) is 0 Å². The van der Waals surface area contributed by atoms with Gasteiger partial charge in [0.05, 0.1) is 9.50 Å². The Balaban J connectivity index is 3.15. The van der Waals surface area contributed by atoms with Gasteiger partial charge in [-0.15, -0.1) is 11.8 Å². The summed E-state index contributed by atoms with van der Waals surface area (Å²) < 4.78 is 5.56. The van der Waals surface area contributed by atoms with Gasteiger partial charge >= 0.3 is 7.69 Å². The van der Waals surface area contributed by atoms with Crippen molar-refractivity contribution in [3.8, 4) is 5.75 Å². The van der Waals surface area contributed by atoms with E-state index in [0.717, 1.165) is 4.90 Å². The highest BCUT2D eigenvalue weighted by molar-refractivity contribution is 9.10. The van der Waals surface area contributed by atoms with E-state index in [4.69, 9.17) is 21.3 Å². The molecule has 1 rings (SSSR count). The van der Waals surface area contributed by atoms with Crippen molar-refractivity contribution >= 4 is 47.0 Å². The second-order valence-corrected chi connectivity index (χ2v) is 4.16. The van der Waals surface area contributed by atoms with Crippen LogP contribution in [0.2, 0.25) is 5.02 Å². The van der Waals surface area contributed by atoms with Crippen molar-refractivity contribution in [2.24, 2.45) is 0 Å². The third-order valence-electron chi connectivity index (χ3n) is 1.40. The van der Waals surface area contributed by atoms with Gasteiger partial charge in [-0.05, 0) is 34.3 Å². The fourth-order valence-corrected chi connectivity index (χ4v) is 2.10. The van der Waals surface area contributed by atoms with E-state index in [1.165, 1.54) is 11.8 Å². The third kappa shape index (κ3) is 2.56. The van der Waals surface area contributed by atoms with Gasteiger partial charge in [-0.25, -0.2) is 0 Å². The van der Waals surface area contributed by atoms with E-state index in [1.807, 2.05) is 12.3 Å². The zero-order chi connectivity index (χ0) is 9.84. The molecule has 6 heteroatoms. The van der Waals surface area contributed by atoms with Crippen molar-refractivity contribution in [1.29, 1.82) is 0 Å². The summed E-state index contributed by atoms with van der Waals surface area (Å²) in [6.07, 6.45) is 1.92. The van der Waals surface area contributed by atoms with E-state index in [-0.39, 0.29) is 0 Å². The molecule has 0 fully saturated rings. The van der Waals surface area contributed by atoms with Crippen molar-refractivity contribution < 1.29 is 9.68 Å². The molecule has 0 saturated carbocycles. The zero-order valence-corrected chi connectivity index (χ0v) is 9.91. The second kappa shape index (κ2) is 5.15. The van der Waals surface area contributed by atoms with Gasteiger partial charge in [0, 0.05) is 4.90 Å². The van der Waals surface area contributed by atoms with E-state index in [2.05, 4.69) is 15.9 Å². The van der Waals surface area contributed by atoms with Crippen LogP contribution in [0.5, 0.6) is 5.75 Å². The zero-order valence-electron chi connectivity index (χ0n) is 6.75. The van der Waals surface area contributed by atoms with Gasteiger partial charge in [0.2, 0.25) is 0 Å². The molecule has 0 unspecified atom stereocenters. The van der Waals surface area contributed by atoms with Gasteiger partial charge in [-0.1, -0.05) is 11.6 Å². The maximum atomic E-state index is 8.53. The van der Waals surface area contributed by atoms with Crippen LogP contribution >= 0.6 is 39.3 Å². The molecule has 0 spiro atoms. The fraction of sp³-hybridized carbons (Fsp3) is 0.143. The molecular formula is C7H6BBrClO2S. The molecular weight excluding hydrogens is 274 g/mol. The van der Waals surface area contributed by atoms with E-state index in [1.54, 1.807) is 6.07 Å². The molecule has 0 aliphatic heterocycles. The summed E-state index contributed by atoms with van der Waals surface area (Å²) in [7, 11) is 0.635. The molecule has 0 aliphatic carbocycles. The summed E-state index contributed by atoms with van der Waals surface area (Å²) in [4.78, 5) is 0.904. The van der Waals surface area contributed by atoms with Crippen LogP contribution in [0.25, 0.3) is 0 Å². The van der Waals surface area contributed by atoms with Gasteiger partial charge in [-0.2, -0.15) is 0 Å². The molecule has 69 valence electrons. The molecule has 0 amide bonds. The number of rotatable bonds is 3. The van der Waals surface area contributed by atoms with Crippen LogP contribution in [0.4, 0.5) is 0 Å². The maximum Gasteiger partial charge on any atom is 0.569 e. The molecule has 1 N–H and O–H groups in total. The molecule has 13 heavy (non-hydrogen) atoms. The molecule has 1 aromatic carbocycles. The number of hydrogen-bond donors (Lipinski definition) is 1. The first-order valence-corrected chi connectivity index (χ1v) is 5.74. The Kier molecular flexibility index (Phi) is 4.45. The minimum Gasteiger partial charge on any atom is -0.536 e. The predicted octanol–water partition coefficient (Wildman–Crippen LogP) is 2.73. The average Bonchev–Trinajstić information content (AvgIpc) is 2.14. The van der Waals surface area contributed by atoms with Gasteiger partial charge < -0.3 is 9.68 Å². The molecule has 0 aromatic heterocycles. The number of halogens is 2. The van der Waals surface area contributed by atoms with Crippen LogP contribution in [-0.2, 0) is 0 Å². The van der Waals surface area contributed by atoms with Crippen molar-refractivity contribution in [3.63, 3.8) is 0 Å². The quantitative estimate of drug-likeness (QED) is 0.682. The lowest BCUT2D eigenvalue weighted by molar-refractivity contribution is 0.446. The molecule has 1 aromatic rings. The molecule has 2 nitrogen and oxygen atoms in total. The van der Waals surface area contributed by atoms with Gasteiger partial charge in [-0.3, -0.25) is 0 Å². The maximum absolute atomic E-state index is 8.53. The lowest BCUT2D eigenvalue weighted by Crippen LogP contribution is -2.01. The number of thioether (sulfide) groups is 1. The summed E-state index contributed by atoms with van der Waals surface area (Å²) in [5.41, 5.74) is 0. The summed E-state index contributed by atoms with van der Waals surface area (Å²) >= 11 is 10.6. The second-order valence-electron chi connectivity index (χ2n) is 2.12. The summed E-state index contributed by atoms with van der Waals surface area (Å²) in [6.45, 7) is 0. The molecule has 0 bridgehead atoms. The topological polar surface area (TPSA) is 29.5 Å². The van der Waals surface area contributed by atoms with Crippen LogP contribution in [0.3, 0.4) is 0 Å². The van der Waals surface area contributed by atoms with Crippen LogP contribution in [0.1, 0.15) is 0 Å². The first-order valence-electron chi connectivity index (χ1n) is 3.35. The Morgan fingerprint density at radius 2 is 2.31 bits per heavy atom. The molecule has 0 atom stereocenters. The molecule has 0 aliphatic rings. The van der Waals surface area contributed by atoms with Crippen molar-refractivity contribution in [2.45, 2.75) is 4.90 Å². The van der Waals surface area contributed by atoms with Crippen LogP contribution in [-0.4, -0.2) is 19.0 Å². The monoisotopic (exact) mass is 279 g/mol. The Morgan fingerprint density at radius 1 is 1.62 bits per heavy atom. The van der Waals surface area contributed by atoms with Gasteiger partial charge in [0.15, 0.2) is 0 Å². The first-order chi connectivity index (χ1) is 6.20. The summed E-state index contributed by atoms with van der Waals surface area (Å²) in [5, 5.41) is 9.09. The third-order valence-corrected chi connectivity index (χ3v) is 3.50. The van der Waals surface area contributed by atoms with Crippen molar-refractivity contribution in [1.82, 2.24) is 0 Å². The minimum absolute atomic E-state index is 0.530. The van der Waals surface area contributed by atoms with Crippen LogP contribution in [0.15, 0.2) is 21.5 Å². The number of hydrogen-bond acceptors (Lipinski definition) is 3. The van der Waals surface area contributed by atoms with E-state index < -0.39 is 0 Å². The highest BCUT2D eigenvalue weighted by Crippen LogP contribution is 2.39. The highest BCUT2D eigenvalue weighted by Gasteiger charge is 2.11. The summed E-state index contributed by atoms with van der Waals surface area (Å²) in [5.74, 6) is 0.530. The minimum atomic E-state index is 0.530. The van der Waals surface area contributed by atoms with Crippen molar-refractivity contribution in [3.05, 3.63) is 21.6 Å². The smallest absolute Gasteiger partial charge is 0.536 e. The first kappa shape index (κ1) is 11.2. The largest absolute Gasteiger partial charge is 0.569 e. The molecule has 0 heterocycles. The van der Waals surface area contributed by atoms with Crippen LogP contribution in [0, 0.1) is 0 Å². The standard InChI is InChI=1S/C7H6BBrClO2S/c1-13-5-3-2-4(10)6(9)7(5)12-8-11/h2-3,11H,1H3. The Hall–Kier alpha value is 0.165. The Labute approximate surface area is 95.1 Å². The van der Waals surface area contributed by atoms with Crippen molar-refractivity contribution in [2.75, 3.05) is 6.26 Å². The molecule has 0 saturated heterocycles. The average molecular weight is 280 g/mol. The molecule has 1 radical (unpaired) electrons.